The number of hydrazine groups is 1. The van der Waals surface area contributed by atoms with Gasteiger partial charge in [0.2, 0.25) is 0 Å². The average molecular weight is 303 g/mol. The number of nitro groups is 1. The molecule has 0 aliphatic heterocycles. The van der Waals surface area contributed by atoms with Crippen LogP contribution >= 0.6 is 11.8 Å². The van der Waals surface area contributed by atoms with E-state index in [1.165, 1.54) is 22.9 Å². The summed E-state index contributed by atoms with van der Waals surface area (Å²) in [7, 11) is 0. The fraction of sp³-hybridized carbons (Fsp3) is 0.200. The van der Waals surface area contributed by atoms with Gasteiger partial charge in [-0.3, -0.25) is 16.0 Å². The first kappa shape index (κ1) is 15.3. The Morgan fingerprint density at radius 3 is 2.48 bits per heavy atom. The molecule has 2 rings (SSSR count). The topological polar surface area (TPSA) is 81.2 Å². The summed E-state index contributed by atoms with van der Waals surface area (Å²) < 4.78 is 0. The Kier molecular flexibility index (Phi) is 4.82. The van der Waals surface area contributed by atoms with E-state index in [0.717, 1.165) is 5.56 Å². The predicted molar refractivity (Wildman–Crippen MR) is 86.4 cm³/mol. The monoisotopic (exact) mass is 303 g/mol. The van der Waals surface area contributed by atoms with Gasteiger partial charge in [0.25, 0.3) is 0 Å². The molecule has 0 radical (unpaired) electrons. The molecule has 0 fully saturated rings. The van der Waals surface area contributed by atoms with E-state index in [-0.39, 0.29) is 5.69 Å². The van der Waals surface area contributed by atoms with Gasteiger partial charge >= 0.3 is 5.69 Å². The molecule has 0 bridgehead atoms. The van der Waals surface area contributed by atoms with Crippen LogP contribution in [0, 0.1) is 24.0 Å². The van der Waals surface area contributed by atoms with E-state index < -0.39 is 4.92 Å². The van der Waals surface area contributed by atoms with Gasteiger partial charge in [-0.05, 0) is 31.5 Å². The molecule has 110 valence electrons. The quantitative estimate of drug-likeness (QED) is 0.380. The van der Waals surface area contributed by atoms with Crippen LogP contribution in [0.15, 0.2) is 41.3 Å². The molecule has 6 heteroatoms. The van der Waals surface area contributed by atoms with Crippen LogP contribution in [0.5, 0.6) is 0 Å². The van der Waals surface area contributed by atoms with Gasteiger partial charge < -0.3 is 5.43 Å². The number of nitrogens with zero attached hydrogens (tertiary/aromatic N) is 1. The first-order valence-electron chi connectivity index (χ1n) is 6.45. The molecule has 0 heterocycles. The maximum Gasteiger partial charge on any atom is 0.307 e. The third-order valence-electron chi connectivity index (χ3n) is 3.01. The number of nitro benzene ring substituents is 1. The molecule has 2 aromatic rings. The number of nitrogen functional groups attached to an aromatic ring is 1. The van der Waals surface area contributed by atoms with Crippen LogP contribution < -0.4 is 11.3 Å². The lowest BCUT2D eigenvalue weighted by Gasteiger charge is -2.08. The van der Waals surface area contributed by atoms with Crippen LogP contribution in [0.3, 0.4) is 0 Å². The van der Waals surface area contributed by atoms with Crippen molar-refractivity contribution >= 4 is 23.1 Å². The highest BCUT2D eigenvalue weighted by molar-refractivity contribution is 7.98. The predicted octanol–water partition coefficient (Wildman–Crippen LogP) is 3.79. The second kappa shape index (κ2) is 6.60. The maximum atomic E-state index is 11.2. The third-order valence-corrected chi connectivity index (χ3v) is 4.13. The number of nitrogens with one attached hydrogen (secondary N) is 1. The van der Waals surface area contributed by atoms with E-state index in [2.05, 4.69) is 23.6 Å². The number of rotatable bonds is 5. The summed E-state index contributed by atoms with van der Waals surface area (Å²) in [6, 6.07) is 11.4. The summed E-state index contributed by atoms with van der Waals surface area (Å²) in [5.41, 5.74) is 6.26. The van der Waals surface area contributed by atoms with Gasteiger partial charge in [0.1, 0.15) is 5.69 Å². The number of nitrogens with two attached hydrogens (primary N) is 1. The fourth-order valence-electron chi connectivity index (χ4n) is 2.26. The first-order chi connectivity index (χ1) is 10.0. The lowest BCUT2D eigenvalue weighted by atomic mass is 10.1. The zero-order chi connectivity index (χ0) is 15.4. The number of hydrogen-bond donors (Lipinski definition) is 2. The summed E-state index contributed by atoms with van der Waals surface area (Å²) >= 11 is 1.44. The lowest BCUT2D eigenvalue weighted by molar-refractivity contribution is -0.386. The van der Waals surface area contributed by atoms with Crippen LogP contribution in [0.1, 0.15) is 16.7 Å². The highest BCUT2D eigenvalue weighted by atomic mass is 32.2. The maximum absolute atomic E-state index is 11.2. The summed E-state index contributed by atoms with van der Waals surface area (Å²) in [6.45, 7) is 4.09. The normalized spacial score (nSPS) is 10.4. The summed E-state index contributed by atoms with van der Waals surface area (Å²) in [5.74, 6) is 6.02. The molecule has 0 saturated carbocycles. The van der Waals surface area contributed by atoms with E-state index in [4.69, 9.17) is 5.84 Å². The molecule has 3 N–H and O–H groups in total. The standard InChI is InChI=1S/C15H17N3O2S/c1-10-6-11(2)8-12(7-10)9-21-14-5-3-4-13(17-16)15(14)18(19)20/h3-8,17H,9,16H2,1-2H3. The van der Waals surface area contributed by atoms with Gasteiger partial charge in [-0.15, -0.1) is 11.8 Å². The average Bonchev–Trinajstić information content (AvgIpc) is 2.43. The van der Waals surface area contributed by atoms with Gasteiger partial charge in [0.05, 0.1) is 9.82 Å². The first-order valence-corrected chi connectivity index (χ1v) is 7.44. The zero-order valence-corrected chi connectivity index (χ0v) is 12.7. The van der Waals surface area contributed by atoms with E-state index in [0.29, 0.717) is 16.3 Å². The highest BCUT2D eigenvalue weighted by Crippen LogP contribution is 2.36. The molecule has 21 heavy (non-hydrogen) atoms. The van der Waals surface area contributed by atoms with Crippen molar-refractivity contribution in [1.82, 2.24) is 0 Å². The van der Waals surface area contributed by atoms with Gasteiger partial charge in [-0.25, -0.2) is 0 Å². The van der Waals surface area contributed by atoms with Crippen LogP contribution in [0.2, 0.25) is 0 Å². The Bertz CT molecular complexity index is 654. The summed E-state index contributed by atoms with van der Waals surface area (Å²) in [6.07, 6.45) is 0. The fourth-order valence-corrected chi connectivity index (χ4v) is 3.24. The minimum Gasteiger partial charge on any atom is -0.318 e. The molecule has 2 aromatic carbocycles. The Labute approximate surface area is 127 Å². The molecule has 0 amide bonds. The van der Waals surface area contributed by atoms with E-state index in [1.54, 1.807) is 18.2 Å². The number of thioether (sulfide) groups is 1. The highest BCUT2D eigenvalue weighted by Gasteiger charge is 2.19. The molecule has 0 unspecified atom stereocenters. The van der Waals surface area contributed by atoms with Crippen molar-refractivity contribution in [2.75, 3.05) is 5.43 Å². The Morgan fingerprint density at radius 2 is 1.90 bits per heavy atom. The molecule has 5 nitrogen and oxygen atoms in total. The minimum absolute atomic E-state index is 0.0226. The molecule has 0 aromatic heterocycles. The van der Waals surface area contributed by atoms with Crippen LogP contribution in [-0.2, 0) is 5.75 Å². The summed E-state index contributed by atoms with van der Waals surface area (Å²) in [5, 5.41) is 11.2. The number of aryl methyl sites for hydroxylation is 2. The van der Waals surface area contributed by atoms with Crippen molar-refractivity contribution in [3.05, 3.63) is 63.2 Å². The number of para-hydroxylation sites is 1. The Balaban J connectivity index is 2.25. The van der Waals surface area contributed by atoms with Crippen LogP contribution in [0.4, 0.5) is 11.4 Å². The molecular formula is C15H17N3O2S. The smallest absolute Gasteiger partial charge is 0.307 e. The second-order valence-electron chi connectivity index (χ2n) is 4.84. The van der Waals surface area contributed by atoms with Gasteiger partial charge in [-0.2, -0.15) is 0 Å². The Morgan fingerprint density at radius 1 is 1.24 bits per heavy atom. The van der Waals surface area contributed by atoms with Gasteiger partial charge in [0, 0.05) is 5.75 Å². The molecule has 0 aliphatic carbocycles. The third kappa shape index (κ3) is 3.74. The van der Waals surface area contributed by atoms with Gasteiger partial charge in [0.15, 0.2) is 0 Å². The van der Waals surface area contributed by atoms with Crippen LogP contribution in [0.25, 0.3) is 0 Å². The number of anilines is 1. The number of hydrogen-bond acceptors (Lipinski definition) is 5. The second-order valence-corrected chi connectivity index (χ2v) is 5.86. The van der Waals surface area contributed by atoms with Crippen molar-refractivity contribution in [3.63, 3.8) is 0 Å². The van der Waals surface area contributed by atoms with E-state index in [9.17, 15) is 10.1 Å². The van der Waals surface area contributed by atoms with Crippen LogP contribution in [-0.4, -0.2) is 4.92 Å². The largest absolute Gasteiger partial charge is 0.318 e. The lowest BCUT2D eigenvalue weighted by Crippen LogP contribution is -2.09. The molecular weight excluding hydrogens is 286 g/mol. The molecule has 0 saturated heterocycles. The van der Waals surface area contributed by atoms with Crippen molar-refractivity contribution < 1.29 is 4.92 Å². The molecule has 0 spiro atoms. The van der Waals surface area contributed by atoms with Gasteiger partial charge in [-0.1, -0.05) is 35.4 Å². The molecule has 0 aliphatic rings. The van der Waals surface area contributed by atoms with Crippen molar-refractivity contribution in [1.29, 1.82) is 0 Å². The summed E-state index contributed by atoms with van der Waals surface area (Å²) in [4.78, 5) is 11.4. The molecule has 0 atom stereocenters. The van der Waals surface area contributed by atoms with E-state index in [1.807, 2.05) is 13.8 Å². The SMILES string of the molecule is Cc1cc(C)cc(CSc2cccc(NN)c2[N+](=O)[O-])c1. The van der Waals surface area contributed by atoms with Crippen molar-refractivity contribution in [2.45, 2.75) is 24.5 Å². The van der Waals surface area contributed by atoms with Crippen molar-refractivity contribution in [2.24, 2.45) is 5.84 Å². The van der Waals surface area contributed by atoms with Crippen molar-refractivity contribution in [3.8, 4) is 0 Å². The van der Waals surface area contributed by atoms with E-state index >= 15 is 0 Å². The zero-order valence-electron chi connectivity index (χ0n) is 11.9. The Hall–Kier alpha value is -2.05. The minimum atomic E-state index is -0.404. The number of benzene rings is 2.